The van der Waals surface area contributed by atoms with E-state index in [1.54, 1.807) is 26.0 Å². The zero-order chi connectivity index (χ0) is 16.3. The molecule has 1 N–H and O–H groups in total. The molecule has 0 aliphatic rings. The van der Waals surface area contributed by atoms with Crippen molar-refractivity contribution in [3.05, 3.63) is 52.2 Å². The molecule has 2 heterocycles. The Balaban J connectivity index is 2.46. The maximum absolute atomic E-state index is 12.5. The van der Waals surface area contributed by atoms with Crippen molar-refractivity contribution in [2.45, 2.75) is 13.8 Å². The van der Waals surface area contributed by atoms with Crippen molar-refractivity contribution in [1.29, 1.82) is 5.26 Å². The molecule has 2 rings (SSSR count). The predicted molar refractivity (Wildman–Crippen MR) is 78.2 cm³/mol. The number of H-pyrrole nitrogens is 1. The Labute approximate surface area is 127 Å². The van der Waals surface area contributed by atoms with Gasteiger partial charge in [0.2, 0.25) is 5.78 Å². The van der Waals surface area contributed by atoms with Crippen LogP contribution in [0.2, 0.25) is 0 Å². The normalized spacial score (nSPS) is 11.1. The summed E-state index contributed by atoms with van der Waals surface area (Å²) in [6.07, 6.45) is 2.81. The van der Waals surface area contributed by atoms with Crippen LogP contribution in [-0.4, -0.2) is 23.8 Å². The van der Waals surface area contributed by atoms with Gasteiger partial charge in [-0.25, -0.2) is 4.79 Å². The first-order valence-electron chi connectivity index (χ1n) is 6.47. The van der Waals surface area contributed by atoms with Crippen LogP contribution in [0.1, 0.15) is 37.9 Å². The lowest BCUT2D eigenvalue weighted by Gasteiger charge is -2.00. The highest BCUT2D eigenvalue weighted by Crippen LogP contribution is 2.22. The summed E-state index contributed by atoms with van der Waals surface area (Å²) in [4.78, 5) is 27.1. The quantitative estimate of drug-likeness (QED) is 0.405. The molecule has 0 aliphatic carbocycles. The Morgan fingerprint density at radius 2 is 2.14 bits per heavy atom. The molecular formula is C16H14N2O4. The van der Waals surface area contributed by atoms with Crippen LogP contribution in [0.5, 0.6) is 0 Å². The van der Waals surface area contributed by atoms with E-state index in [1.165, 1.54) is 19.4 Å². The Hall–Kier alpha value is -3.07. The summed E-state index contributed by atoms with van der Waals surface area (Å²) < 4.78 is 9.80. The minimum Gasteiger partial charge on any atom is -0.465 e. The van der Waals surface area contributed by atoms with E-state index in [0.717, 1.165) is 0 Å². The average Bonchev–Trinajstić information content (AvgIpc) is 3.11. The molecule has 6 heteroatoms. The fraction of sp³-hybridized carbons (Fsp3) is 0.188. The molecule has 2 aromatic rings. The second-order valence-corrected chi connectivity index (χ2v) is 4.63. The van der Waals surface area contributed by atoms with E-state index >= 15 is 0 Å². The fourth-order valence-corrected chi connectivity index (χ4v) is 2.18. The van der Waals surface area contributed by atoms with Crippen LogP contribution in [0.3, 0.4) is 0 Å². The first-order chi connectivity index (χ1) is 10.5. The lowest BCUT2D eigenvalue weighted by atomic mass is 10.0. The number of carbonyl (C=O) groups excluding carboxylic acids is 2. The average molecular weight is 298 g/mol. The van der Waals surface area contributed by atoms with Gasteiger partial charge in [-0.05, 0) is 31.5 Å². The number of Topliss-reactive ketones (excluding diaryl/α,β-unsaturated/α-hetero) is 1. The Morgan fingerprint density at radius 1 is 1.41 bits per heavy atom. The lowest BCUT2D eigenvalue weighted by Crippen LogP contribution is -2.06. The number of aryl methyl sites for hydroxylation is 1. The van der Waals surface area contributed by atoms with Crippen molar-refractivity contribution < 1.29 is 18.7 Å². The van der Waals surface area contributed by atoms with Crippen LogP contribution in [0.15, 0.2) is 28.4 Å². The molecule has 0 aromatic carbocycles. The van der Waals surface area contributed by atoms with E-state index in [2.05, 4.69) is 4.98 Å². The SMILES string of the molecule is COC(=O)c1c(C)[nH]c(C(=O)/C(C#N)=C/c2ccco2)c1C. The van der Waals surface area contributed by atoms with Gasteiger partial charge >= 0.3 is 5.97 Å². The molecule has 0 amide bonds. The Bertz CT molecular complexity index is 789. The molecule has 2 aromatic heterocycles. The van der Waals surface area contributed by atoms with Crippen molar-refractivity contribution in [2.75, 3.05) is 7.11 Å². The number of carbonyl (C=O) groups is 2. The highest BCUT2D eigenvalue weighted by Gasteiger charge is 2.24. The summed E-state index contributed by atoms with van der Waals surface area (Å²) in [5.74, 6) is -0.632. The standard InChI is InChI=1S/C16H14N2O4/c1-9-13(16(20)21-3)10(2)18-14(9)15(19)11(8-17)7-12-5-4-6-22-12/h4-7,18H,1-3H3/b11-7+. The molecule has 0 fully saturated rings. The summed E-state index contributed by atoms with van der Waals surface area (Å²) in [5.41, 5.74) is 1.38. The van der Waals surface area contributed by atoms with Crippen molar-refractivity contribution in [1.82, 2.24) is 4.98 Å². The third kappa shape index (κ3) is 2.69. The third-order valence-electron chi connectivity index (χ3n) is 3.25. The van der Waals surface area contributed by atoms with Gasteiger partial charge in [-0.3, -0.25) is 4.79 Å². The highest BCUT2D eigenvalue weighted by atomic mass is 16.5. The summed E-state index contributed by atoms with van der Waals surface area (Å²) in [6, 6.07) is 5.15. The van der Waals surface area contributed by atoms with E-state index in [-0.39, 0.29) is 11.3 Å². The topological polar surface area (TPSA) is 96.1 Å². The van der Waals surface area contributed by atoms with Crippen molar-refractivity contribution in [2.24, 2.45) is 0 Å². The zero-order valence-electron chi connectivity index (χ0n) is 12.4. The molecule has 6 nitrogen and oxygen atoms in total. The summed E-state index contributed by atoms with van der Waals surface area (Å²) in [6.45, 7) is 3.29. The number of nitrogens with one attached hydrogen (secondary N) is 1. The van der Waals surface area contributed by atoms with Gasteiger partial charge in [-0.15, -0.1) is 0 Å². The molecule has 0 unspecified atom stereocenters. The Kier molecular flexibility index (Phi) is 4.28. The van der Waals surface area contributed by atoms with Crippen LogP contribution in [0.4, 0.5) is 0 Å². The number of aromatic amines is 1. The van der Waals surface area contributed by atoms with Crippen molar-refractivity contribution in [3.8, 4) is 6.07 Å². The number of nitriles is 1. The summed E-state index contributed by atoms with van der Waals surface area (Å²) in [5, 5.41) is 9.19. The minimum absolute atomic E-state index is 0.0873. The smallest absolute Gasteiger partial charge is 0.339 e. The van der Waals surface area contributed by atoms with Gasteiger partial charge in [0, 0.05) is 11.8 Å². The van der Waals surface area contributed by atoms with Gasteiger partial charge in [0.1, 0.15) is 17.4 Å². The van der Waals surface area contributed by atoms with Crippen LogP contribution >= 0.6 is 0 Å². The molecular weight excluding hydrogens is 284 g/mol. The monoisotopic (exact) mass is 298 g/mol. The van der Waals surface area contributed by atoms with Gasteiger partial charge in [-0.1, -0.05) is 0 Å². The number of furan rings is 1. The van der Waals surface area contributed by atoms with Crippen LogP contribution in [-0.2, 0) is 4.74 Å². The number of methoxy groups -OCH3 is 1. The zero-order valence-corrected chi connectivity index (χ0v) is 12.4. The maximum atomic E-state index is 12.5. The van der Waals surface area contributed by atoms with Crippen LogP contribution < -0.4 is 0 Å². The van der Waals surface area contributed by atoms with Crippen LogP contribution in [0, 0.1) is 25.2 Å². The number of ketones is 1. The number of rotatable bonds is 4. The number of allylic oxidation sites excluding steroid dienone is 1. The first kappa shape index (κ1) is 15.3. The number of hydrogen-bond donors (Lipinski definition) is 1. The van der Waals surface area contributed by atoms with E-state index < -0.39 is 11.8 Å². The number of aromatic nitrogens is 1. The summed E-state index contributed by atoms with van der Waals surface area (Å²) in [7, 11) is 1.27. The predicted octanol–water partition coefficient (Wildman–Crippen LogP) is 2.80. The second kappa shape index (κ2) is 6.14. The minimum atomic E-state index is -0.529. The molecule has 22 heavy (non-hydrogen) atoms. The molecule has 0 spiro atoms. The molecule has 0 bridgehead atoms. The molecule has 0 saturated heterocycles. The fourth-order valence-electron chi connectivity index (χ4n) is 2.18. The van der Waals surface area contributed by atoms with Gasteiger partial charge in [-0.2, -0.15) is 5.26 Å². The molecule has 0 saturated carbocycles. The third-order valence-corrected chi connectivity index (χ3v) is 3.25. The van der Waals surface area contributed by atoms with Gasteiger partial charge in [0.05, 0.1) is 24.6 Å². The van der Waals surface area contributed by atoms with Gasteiger partial charge < -0.3 is 14.1 Å². The molecule has 0 radical (unpaired) electrons. The van der Waals surface area contributed by atoms with E-state index in [1.807, 2.05) is 6.07 Å². The first-order valence-corrected chi connectivity index (χ1v) is 6.47. The molecule has 0 atom stereocenters. The van der Waals surface area contributed by atoms with Crippen molar-refractivity contribution >= 4 is 17.8 Å². The highest BCUT2D eigenvalue weighted by molar-refractivity contribution is 6.15. The van der Waals surface area contributed by atoms with E-state index in [0.29, 0.717) is 22.6 Å². The Morgan fingerprint density at radius 3 is 2.68 bits per heavy atom. The van der Waals surface area contributed by atoms with E-state index in [9.17, 15) is 14.9 Å². The lowest BCUT2D eigenvalue weighted by molar-refractivity contribution is 0.0599. The van der Waals surface area contributed by atoms with Crippen molar-refractivity contribution in [3.63, 3.8) is 0 Å². The largest absolute Gasteiger partial charge is 0.465 e. The molecule has 112 valence electrons. The maximum Gasteiger partial charge on any atom is 0.339 e. The number of esters is 1. The summed E-state index contributed by atoms with van der Waals surface area (Å²) >= 11 is 0. The van der Waals surface area contributed by atoms with Gasteiger partial charge in [0.25, 0.3) is 0 Å². The van der Waals surface area contributed by atoms with E-state index in [4.69, 9.17) is 9.15 Å². The van der Waals surface area contributed by atoms with Gasteiger partial charge in [0.15, 0.2) is 0 Å². The second-order valence-electron chi connectivity index (χ2n) is 4.63. The number of ether oxygens (including phenoxy) is 1. The number of nitrogens with zero attached hydrogens (tertiary/aromatic N) is 1. The molecule has 0 aliphatic heterocycles. The van der Waals surface area contributed by atoms with Crippen LogP contribution in [0.25, 0.3) is 6.08 Å². The number of hydrogen-bond acceptors (Lipinski definition) is 5.